The third-order valence-corrected chi connectivity index (χ3v) is 6.16. The molecule has 1 aliphatic rings. The Kier molecular flexibility index (Phi) is 5.55. The molecule has 2 amide bonds. The van der Waals surface area contributed by atoms with E-state index in [9.17, 15) is 13.2 Å². The van der Waals surface area contributed by atoms with Gasteiger partial charge in [-0.15, -0.1) is 0 Å². The fourth-order valence-corrected chi connectivity index (χ4v) is 4.51. The van der Waals surface area contributed by atoms with Crippen LogP contribution in [0.3, 0.4) is 0 Å². The molecule has 0 unspecified atom stereocenters. The Balaban J connectivity index is 1.77. The van der Waals surface area contributed by atoms with Crippen LogP contribution >= 0.6 is 0 Å². The first kappa shape index (κ1) is 19.0. The van der Waals surface area contributed by atoms with Gasteiger partial charge < -0.3 is 15.4 Å². The highest BCUT2D eigenvalue weighted by atomic mass is 32.2. The van der Waals surface area contributed by atoms with Crippen molar-refractivity contribution < 1.29 is 17.9 Å². The Morgan fingerprint density at radius 3 is 2.59 bits per heavy atom. The SMILES string of the molecule is CCOc1ccccc1NC(=O)Nc1cc(N2CCCS2(=O)=O)ccc1C. The molecule has 7 nitrogen and oxygen atoms in total. The summed E-state index contributed by atoms with van der Waals surface area (Å²) in [6, 6.07) is 12.0. The van der Waals surface area contributed by atoms with Gasteiger partial charge >= 0.3 is 6.03 Å². The second-order valence-corrected chi connectivity index (χ2v) is 8.26. The zero-order valence-electron chi connectivity index (χ0n) is 15.4. The van der Waals surface area contributed by atoms with E-state index in [0.717, 1.165) is 5.56 Å². The summed E-state index contributed by atoms with van der Waals surface area (Å²) in [4.78, 5) is 12.4. The molecule has 1 fully saturated rings. The van der Waals surface area contributed by atoms with Crippen LogP contribution in [0.25, 0.3) is 0 Å². The second-order valence-electron chi connectivity index (χ2n) is 6.25. The third-order valence-electron chi connectivity index (χ3n) is 4.29. The Morgan fingerprint density at radius 2 is 1.89 bits per heavy atom. The van der Waals surface area contributed by atoms with Gasteiger partial charge in [-0.25, -0.2) is 13.2 Å². The minimum Gasteiger partial charge on any atom is -0.492 e. The van der Waals surface area contributed by atoms with Gasteiger partial charge in [0.1, 0.15) is 5.75 Å². The minimum atomic E-state index is -3.27. The van der Waals surface area contributed by atoms with Crippen molar-refractivity contribution in [1.29, 1.82) is 0 Å². The summed E-state index contributed by atoms with van der Waals surface area (Å²) in [5.41, 5.74) is 2.51. The largest absolute Gasteiger partial charge is 0.492 e. The zero-order valence-corrected chi connectivity index (χ0v) is 16.2. The molecule has 0 atom stereocenters. The fraction of sp³-hybridized carbons (Fsp3) is 0.316. The molecule has 27 heavy (non-hydrogen) atoms. The standard InChI is InChI=1S/C19H23N3O4S/c1-3-26-18-8-5-4-7-16(18)20-19(23)21-17-13-15(10-9-14(17)2)22-11-6-12-27(22,24)25/h4-5,7-10,13H,3,6,11-12H2,1-2H3,(H2,20,21,23). The predicted molar refractivity (Wildman–Crippen MR) is 107 cm³/mol. The number of rotatable bonds is 5. The van der Waals surface area contributed by atoms with Crippen molar-refractivity contribution in [2.75, 3.05) is 33.8 Å². The highest BCUT2D eigenvalue weighted by Crippen LogP contribution is 2.29. The number of anilines is 3. The van der Waals surface area contributed by atoms with Crippen LogP contribution in [-0.4, -0.2) is 33.4 Å². The summed E-state index contributed by atoms with van der Waals surface area (Å²) < 4.78 is 31.2. The van der Waals surface area contributed by atoms with Gasteiger partial charge in [-0.1, -0.05) is 18.2 Å². The summed E-state index contributed by atoms with van der Waals surface area (Å²) in [5, 5.41) is 5.56. The van der Waals surface area contributed by atoms with Crippen LogP contribution in [0.1, 0.15) is 18.9 Å². The van der Waals surface area contributed by atoms with E-state index in [-0.39, 0.29) is 5.75 Å². The second kappa shape index (κ2) is 7.87. The number of hydrogen-bond donors (Lipinski definition) is 2. The molecule has 0 aromatic heterocycles. The third kappa shape index (κ3) is 4.33. The molecule has 3 rings (SSSR count). The Labute approximate surface area is 159 Å². The number of urea groups is 1. The van der Waals surface area contributed by atoms with Crippen molar-refractivity contribution in [3.05, 3.63) is 48.0 Å². The molecule has 2 aromatic rings. The maximum atomic E-state index is 12.4. The van der Waals surface area contributed by atoms with E-state index in [1.165, 1.54) is 4.31 Å². The first-order chi connectivity index (χ1) is 12.9. The summed E-state index contributed by atoms with van der Waals surface area (Å²) in [6.45, 7) is 4.68. The predicted octanol–water partition coefficient (Wildman–Crippen LogP) is 3.58. The number of nitrogens with zero attached hydrogens (tertiary/aromatic N) is 1. The number of ether oxygens (including phenoxy) is 1. The molecule has 0 saturated carbocycles. The van der Waals surface area contributed by atoms with Crippen molar-refractivity contribution in [2.24, 2.45) is 0 Å². The smallest absolute Gasteiger partial charge is 0.323 e. The van der Waals surface area contributed by atoms with Gasteiger partial charge in [-0.2, -0.15) is 0 Å². The maximum Gasteiger partial charge on any atom is 0.323 e. The van der Waals surface area contributed by atoms with Gasteiger partial charge in [0.15, 0.2) is 0 Å². The van der Waals surface area contributed by atoms with E-state index in [4.69, 9.17) is 4.74 Å². The van der Waals surface area contributed by atoms with Crippen molar-refractivity contribution in [2.45, 2.75) is 20.3 Å². The number of amides is 2. The Bertz CT molecular complexity index is 944. The van der Waals surface area contributed by atoms with Crippen molar-refractivity contribution >= 4 is 33.1 Å². The molecular formula is C19H23N3O4S. The number of aryl methyl sites for hydroxylation is 1. The number of carbonyl (C=O) groups is 1. The molecular weight excluding hydrogens is 366 g/mol. The van der Waals surface area contributed by atoms with E-state index >= 15 is 0 Å². The highest BCUT2D eigenvalue weighted by molar-refractivity contribution is 7.93. The Hall–Kier alpha value is -2.74. The average Bonchev–Trinajstić information content (AvgIpc) is 2.98. The number of sulfonamides is 1. The Morgan fingerprint density at radius 1 is 1.15 bits per heavy atom. The summed E-state index contributed by atoms with van der Waals surface area (Å²) in [6.07, 6.45) is 0.605. The molecule has 0 spiro atoms. The first-order valence-corrected chi connectivity index (χ1v) is 10.4. The number of nitrogens with one attached hydrogen (secondary N) is 2. The van der Waals surface area contributed by atoms with Crippen molar-refractivity contribution in [3.63, 3.8) is 0 Å². The molecule has 144 valence electrons. The summed E-state index contributed by atoms with van der Waals surface area (Å²) in [5.74, 6) is 0.738. The van der Waals surface area contributed by atoms with Gasteiger partial charge in [0, 0.05) is 12.2 Å². The van der Waals surface area contributed by atoms with E-state index < -0.39 is 16.1 Å². The highest BCUT2D eigenvalue weighted by Gasteiger charge is 2.28. The number of carbonyl (C=O) groups excluding carboxylic acids is 1. The number of hydrogen-bond acceptors (Lipinski definition) is 4. The lowest BCUT2D eigenvalue weighted by molar-refractivity contribution is 0.262. The normalized spacial score (nSPS) is 15.4. The fourth-order valence-electron chi connectivity index (χ4n) is 2.96. The summed E-state index contributed by atoms with van der Waals surface area (Å²) in [7, 11) is -3.27. The van der Waals surface area contributed by atoms with Crippen LogP contribution in [0.2, 0.25) is 0 Å². The van der Waals surface area contributed by atoms with Gasteiger partial charge in [0.2, 0.25) is 10.0 Å². The minimum absolute atomic E-state index is 0.151. The van der Waals surface area contributed by atoms with Gasteiger partial charge in [-0.05, 0) is 50.1 Å². The molecule has 1 aliphatic heterocycles. The monoisotopic (exact) mass is 389 g/mol. The van der Waals surface area contributed by atoms with Gasteiger partial charge in [-0.3, -0.25) is 4.31 Å². The van der Waals surface area contributed by atoms with E-state index in [1.807, 2.05) is 26.0 Å². The van der Waals surface area contributed by atoms with Crippen molar-refractivity contribution in [1.82, 2.24) is 0 Å². The van der Waals surface area contributed by atoms with Crippen LogP contribution < -0.4 is 19.7 Å². The number of benzene rings is 2. The zero-order chi connectivity index (χ0) is 19.4. The molecule has 0 bridgehead atoms. The first-order valence-electron chi connectivity index (χ1n) is 8.81. The molecule has 0 aliphatic carbocycles. The lowest BCUT2D eigenvalue weighted by atomic mass is 10.2. The van der Waals surface area contributed by atoms with Crippen LogP contribution in [0.15, 0.2) is 42.5 Å². The van der Waals surface area contributed by atoms with Gasteiger partial charge in [0.25, 0.3) is 0 Å². The van der Waals surface area contributed by atoms with Gasteiger partial charge in [0.05, 0.1) is 23.7 Å². The number of para-hydroxylation sites is 2. The lowest BCUT2D eigenvalue weighted by Gasteiger charge is -2.19. The quantitative estimate of drug-likeness (QED) is 0.818. The average molecular weight is 389 g/mol. The molecule has 1 heterocycles. The molecule has 2 N–H and O–H groups in total. The van der Waals surface area contributed by atoms with E-state index in [2.05, 4.69) is 10.6 Å². The lowest BCUT2D eigenvalue weighted by Crippen LogP contribution is -2.25. The topological polar surface area (TPSA) is 87.7 Å². The molecule has 1 saturated heterocycles. The van der Waals surface area contributed by atoms with Crippen LogP contribution in [0, 0.1) is 6.92 Å². The molecule has 0 radical (unpaired) electrons. The van der Waals surface area contributed by atoms with Crippen molar-refractivity contribution in [3.8, 4) is 5.75 Å². The van der Waals surface area contributed by atoms with Crippen LogP contribution in [0.4, 0.5) is 21.9 Å². The van der Waals surface area contributed by atoms with E-state index in [0.29, 0.717) is 42.4 Å². The summed E-state index contributed by atoms with van der Waals surface area (Å²) >= 11 is 0. The van der Waals surface area contributed by atoms with Crippen LogP contribution in [0.5, 0.6) is 5.75 Å². The van der Waals surface area contributed by atoms with E-state index in [1.54, 1.807) is 30.3 Å². The molecule has 2 aromatic carbocycles. The maximum absolute atomic E-state index is 12.4. The molecule has 8 heteroatoms. The van der Waals surface area contributed by atoms with Crippen LogP contribution in [-0.2, 0) is 10.0 Å².